The Labute approximate surface area is 140 Å². The number of aromatic nitrogens is 4. The quantitative estimate of drug-likeness (QED) is 0.615. The molecule has 0 aromatic carbocycles. The van der Waals surface area contributed by atoms with Gasteiger partial charge in [-0.15, -0.1) is 9.42 Å². The lowest BCUT2D eigenvalue weighted by molar-refractivity contribution is 0.272. The van der Waals surface area contributed by atoms with E-state index >= 15 is 0 Å². The van der Waals surface area contributed by atoms with Gasteiger partial charge < -0.3 is 4.57 Å². The fraction of sp³-hybridized carbons (Fsp3) is 0.643. The van der Waals surface area contributed by atoms with E-state index in [1.165, 1.54) is 30.8 Å². The van der Waals surface area contributed by atoms with Gasteiger partial charge in [-0.3, -0.25) is 13.9 Å². The first kappa shape index (κ1) is 20.2. The minimum absolute atomic E-state index is 0.0947. The van der Waals surface area contributed by atoms with E-state index in [1.54, 1.807) is 11.6 Å². The SMILES string of the molecule is CCCC.Cn1c(=O)c2c(ncn2CCCO[P+](=O)O)n(C)c1=O. The maximum absolute atomic E-state index is 12.1. The summed E-state index contributed by atoms with van der Waals surface area (Å²) in [5, 5.41) is 0. The molecule has 2 aromatic rings. The van der Waals surface area contributed by atoms with E-state index in [4.69, 9.17) is 4.89 Å². The lowest BCUT2D eigenvalue weighted by Crippen LogP contribution is -2.37. The molecule has 0 radical (unpaired) electrons. The monoisotopic (exact) mass is 359 g/mol. The molecule has 0 aliphatic carbocycles. The van der Waals surface area contributed by atoms with Crippen molar-refractivity contribution in [1.29, 1.82) is 0 Å². The van der Waals surface area contributed by atoms with Gasteiger partial charge in [0.1, 0.15) is 6.61 Å². The molecule has 9 nitrogen and oxygen atoms in total. The zero-order chi connectivity index (χ0) is 18.3. The third-order valence-electron chi connectivity index (χ3n) is 3.46. The Bertz CT molecular complexity index is 806. The number of hydrogen-bond donors (Lipinski definition) is 1. The molecule has 1 N–H and O–H groups in total. The van der Waals surface area contributed by atoms with Crippen molar-refractivity contribution < 1.29 is 14.0 Å². The van der Waals surface area contributed by atoms with Crippen LogP contribution >= 0.6 is 8.25 Å². The molecule has 0 spiro atoms. The van der Waals surface area contributed by atoms with Crippen LogP contribution in [-0.2, 0) is 29.7 Å². The van der Waals surface area contributed by atoms with Gasteiger partial charge in [-0.2, -0.15) is 0 Å². The third-order valence-corrected chi connectivity index (χ3v) is 3.87. The van der Waals surface area contributed by atoms with Crippen molar-refractivity contribution in [2.75, 3.05) is 6.61 Å². The maximum Gasteiger partial charge on any atom is 0.694 e. The zero-order valence-electron chi connectivity index (χ0n) is 14.4. The number of fused-ring (bicyclic) bond motifs is 1. The van der Waals surface area contributed by atoms with E-state index in [2.05, 4.69) is 23.4 Å². The average Bonchev–Trinajstić information content (AvgIpc) is 2.99. The maximum atomic E-state index is 12.1. The topological polar surface area (TPSA) is 108 Å². The van der Waals surface area contributed by atoms with E-state index in [0.29, 0.717) is 24.1 Å². The molecule has 1 atom stereocenters. The molecule has 2 rings (SSSR count). The summed E-state index contributed by atoms with van der Waals surface area (Å²) in [4.78, 5) is 36.4. The molecule has 134 valence electrons. The summed E-state index contributed by atoms with van der Waals surface area (Å²) in [7, 11) is 0.335. The number of rotatable bonds is 6. The lowest BCUT2D eigenvalue weighted by Gasteiger charge is -2.05. The molecule has 24 heavy (non-hydrogen) atoms. The van der Waals surface area contributed by atoms with E-state index in [-0.39, 0.29) is 6.61 Å². The Hall–Kier alpha value is -1.83. The minimum atomic E-state index is -2.61. The van der Waals surface area contributed by atoms with Crippen LogP contribution in [0.1, 0.15) is 33.1 Å². The van der Waals surface area contributed by atoms with Crippen molar-refractivity contribution in [2.24, 2.45) is 14.1 Å². The Morgan fingerprint density at radius 3 is 2.38 bits per heavy atom. The van der Waals surface area contributed by atoms with Crippen LogP contribution in [0, 0.1) is 0 Å². The molecule has 0 saturated carbocycles. The van der Waals surface area contributed by atoms with Gasteiger partial charge in [-0.05, 0) is 6.42 Å². The largest absolute Gasteiger partial charge is 0.694 e. The van der Waals surface area contributed by atoms with Gasteiger partial charge in [0.05, 0.1) is 6.33 Å². The van der Waals surface area contributed by atoms with E-state index in [9.17, 15) is 14.2 Å². The smallest absolute Gasteiger partial charge is 0.325 e. The number of unbranched alkanes of at least 4 members (excludes halogenated alkanes) is 1. The van der Waals surface area contributed by atoms with E-state index in [1.807, 2.05) is 0 Å². The standard InChI is InChI=1S/C10H13N4O5P.C4H10/c1-12-8-7(9(15)13(2)10(12)16)14(6-11-8)4-3-5-19-20(17)18;1-3-4-2/h6H,3-5H2,1-2H3;3-4H2,1-2H3/p+1. The van der Waals surface area contributed by atoms with Crippen LogP contribution in [0.15, 0.2) is 15.9 Å². The Balaban J connectivity index is 0.000000648. The van der Waals surface area contributed by atoms with Crippen LogP contribution in [0.3, 0.4) is 0 Å². The molecular formula is C14H24N4O5P+. The van der Waals surface area contributed by atoms with Gasteiger partial charge in [0.25, 0.3) is 5.56 Å². The number of imidazole rings is 1. The van der Waals surface area contributed by atoms with Crippen LogP contribution in [0.5, 0.6) is 0 Å². The van der Waals surface area contributed by atoms with Crippen molar-refractivity contribution in [1.82, 2.24) is 18.7 Å². The van der Waals surface area contributed by atoms with Crippen molar-refractivity contribution in [3.05, 3.63) is 27.2 Å². The second-order valence-electron chi connectivity index (χ2n) is 5.24. The average molecular weight is 359 g/mol. The fourth-order valence-corrected chi connectivity index (χ4v) is 2.23. The minimum Gasteiger partial charge on any atom is -0.325 e. The predicted molar refractivity (Wildman–Crippen MR) is 91.2 cm³/mol. The van der Waals surface area contributed by atoms with Crippen LogP contribution in [-0.4, -0.2) is 30.2 Å². The van der Waals surface area contributed by atoms with Crippen molar-refractivity contribution in [3.63, 3.8) is 0 Å². The van der Waals surface area contributed by atoms with Gasteiger partial charge in [0, 0.05) is 25.2 Å². The highest BCUT2D eigenvalue weighted by Gasteiger charge is 2.15. The van der Waals surface area contributed by atoms with Gasteiger partial charge in [0.15, 0.2) is 11.2 Å². The van der Waals surface area contributed by atoms with E-state index < -0.39 is 19.5 Å². The molecule has 2 heterocycles. The van der Waals surface area contributed by atoms with E-state index in [0.717, 1.165) is 4.57 Å². The highest BCUT2D eigenvalue weighted by Crippen LogP contribution is 2.14. The first-order chi connectivity index (χ1) is 11.3. The van der Waals surface area contributed by atoms with Crippen LogP contribution in [0.25, 0.3) is 11.2 Å². The van der Waals surface area contributed by atoms with Gasteiger partial charge in [0.2, 0.25) is 0 Å². The van der Waals surface area contributed by atoms with Crippen molar-refractivity contribution >= 4 is 19.4 Å². The van der Waals surface area contributed by atoms with Crippen LogP contribution in [0.4, 0.5) is 0 Å². The molecule has 1 unspecified atom stereocenters. The zero-order valence-corrected chi connectivity index (χ0v) is 15.3. The molecule has 10 heteroatoms. The van der Waals surface area contributed by atoms with Crippen LogP contribution < -0.4 is 11.2 Å². The summed E-state index contributed by atoms with van der Waals surface area (Å²) in [5.41, 5.74) is -0.224. The molecule has 0 aliphatic heterocycles. The highest BCUT2D eigenvalue weighted by atomic mass is 31.1. The Morgan fingerprint density at radius 1 is 1.21 bits per heavy atom. The lowest BCUT2D eigenvalue weighted by atomic mass is 10.4. The Morgan fingerprint density at radius 2 is 1.83 bits per heavy atom. The first-order valence-corrected chi connectivity index (χ1v) is 8.88. The summed E-state index contributed by atoms with van der Waals surface area (Å²) in [6.45, 7) is 4.85. The fourth-order valence-electron chi connectivity index (χ4n) is 1.94. The first-order valence-electron chi connectivity index (χ1n) is 7.74. The number of aryl methyl sites for hydroxylation is 2. The summed E-state index contributed by atoms with van der Waals surface area (Å²) < 4.78 is 18.8. The second kappa shape index (κ2) is 9.46. The normalized spacial score (nSPS) is 11.3. The highest BCUT2D eigenvalue weighted by molar-refractivity contribution is 7.32. The summed E-state index contributed by atoms with van der Waals surface area (Å²) in [6.07, 6.45) is 4.55. The molecule has 0 amide bonds. The summed E-state index contributed by atoms with van der Waals surface area (Å²) in [5.74, 6) is 0. The molecule has 0 aliphatic rings. The molecular weight excluding hydrogens is 335 g/mol. The summed E-state index contributed by atoms with van der Waals surface area (Å²) >= 11 is 0. The second-order valence-corrected chi connectivity index (χ2v) is 5.97. The number of nitrogens with zero attached hydrogens (tertiary/aromatic N) is 4. The van der Waals surface area contributed by atoms with Gasteiger partial charge in [-0.1, -0.05) is 26.7 Å². The van der Waals surface area contributed by atoms with Gasteiger partial charge in [-0.25, -0.2) is 9.78 Å². The Kier molecular flexibility index (Phi) is 7.97. The van der Waals surface area contributed by atoms with Gasteiger partial charge >= 0.3 is 13.9 Å². The van der Waals surface area contributed by atoms with Crippen molar-refractivity contribution in [3.8, 4) is 0 Å². The predicted octanol–water partition coefficient (Wildman–Crippen LogP) is 1.30. The summed E-state index contributed by atoms with van der Waals surface area (Å²) in [6, 6.07) is 0. The molecule has 0 bridgehead atoms. The van der Waals surface area contributed by atoms with Crippen LogP contribution in [0.2, 0.25) is 0 Å². The number of hydrogen-bond acceptors (Lipinski definition) is 5. The molecule has 0 fully saturated rings. The molecule has 2 aromatic heterocycles. The molecule has 0 saturated heterocycles. The third kappa shape index (κ3) is 4.83. The van der Waals surface area contributed by atoms with Crippen molar-refractivity contribution in [2.45, 2.75) is 39.7 Å².